The maximum absolute atomic E-state index is 13.5. The van der Waals surface area contributed by atoms with Crippen LogP contribution < -0.4 is 16.2 Å². The van der Waals surface area contributed by atoms with Crippen LogP contribution in [0.15, 0.2) is 47.4 Å². The number of carbonyl (C=O) groups is 2. The normalized spacial score (nSPS) is 17.9. The van der Waals surface area contributed by atoms with E-state index in [2.05, 4.69) is 15.6 Å². The minimum absolute atomic E-state index is 0.0286. The zero-order chi connectivity index (χ0) is 28.2. The van der Waals surface area contributed by atoms with Gasteiger partial charge < -0.3 is 20.1 Å². The average Bonchev–Trinajstić information content (AvgIpc) is 3.81. The van der Waals surface area contributed by atoms with E-state index in [1.807, 2.05) is 6.07 Å². The second-order valence-corrected chi connectivity index (χ2v) is 11.3. The van der Waals surface area contributed by atoms with Crippen LogP contribution in [-0.2, 0) is 6.54 Å². The van der Waals surface area contributed by atoms with Crippen LogP contribution in [0.3, 0.4) is 0 Å². The van der Waals surface area contributed by atoms with E-state index in [-0.39, 0.29) is 34.5 Å². The third kappa shape index (κ3) is 5.38. The summed E-state index contributed by atoms with van der Waals surface area (Å²) in [5, 5.41) is 6.16. The van der Waals surface area contributed by atoms with Crippen molar-refractivity contribution in [3.05, 3.63) is 80.4 Å². The SMILES string of the molecule is CNCc1cc(C(=O)Nc2cc(-c3ccc(Cl)cc3C(=O)N3CC(F)(F)C3)cc(C3CC3)n2)c(=O)n(C2CC2)c1. The van der Waals surface area contributed by atoms with Crippen LogP contribution in [0.5, 0.6) is 0 Å². The van der Waals surface area contributed by atoms with Gasteiger partial charge in [0.05, 0.1) is 13.1 Å². The van der Waals surface area contributed by atoms with E-state index in [0.717, 1.165) is 41.8 Å². The van der Waals surface area contributed by atoms with E-state index in [1.54, 1.807) is 42.1 Å². The molecule has 3 aromatic rings. The van der Waals surface area contributed by atoms with Gasteiger partial charge in [0.15, 0.2) is 0 Å². The summed E-state index contributed by atoms with van der Waals surface area (Å²) in [6.07, 6.45) is 5.48. The molecule has 2 saturated carbocycles. The van der Waals surface area contributed by atoms with Gasteiger partial charge in [-0.15, -0.1) is 0 Å². The zero-order valence-corrected chi connectivity index (χ0v) is 22.6. The number of rotatable bonds is 8. The van der Waals surface area contributed by atoms with E-state index in [9.17, 15) is 23.2 Å². The summed E-state index contributed by atoms with van der Waals surface area (Å²) >= 11 is 6.20. The number of halogens is 3. The van der Waals surface area contributed by atoms with Crippen molar-refractivity contribution in [2.75, 3.05) is 25.5 Å². The Morgan fingerprint density at radius 3 is 2.48 bits per heavy atom. The van der Waals surface area contributed by atoms with Gasteiger partial charge in [-0.05, 0) is 79.8 Å². The Morgan fingerprint density at radius 1 is 1.07 bits per heavy atom. The predicted molar refractivity (Wildman–Crippen MR) is 147 cm³/mol. The fourth-order valence-corrected chi connectivity index (χ4v) is 5.23. The van der Waals surface area contributed by atoms with Crippen LogP contribution in [-0.4, -0.2) is 52.3 Å². The maximum atomic E-state index is 13.5. The van der Waals surface area contributed by atoms with Gasteiger partial charge in [-0.3, -0.25) is 14.4 Å². The number of amides is 2. The second kappa shape index (κ2) is 10.1. The van der Waals surface area contributed by atoms with Crippen molar-refractivity contribution in [1.29, 1.82) is 0 Å². The smallest absolute Gasteiger partial charge is 0.282 e. The number of alkyl halides is 2. The van der Waals surface area contributed by atoms with Crippen LogP contribution in [0.1, 0.15) is 69.6 Å². The molecule has 40 heavy (non-hydrogen) atoms. The lowest BCUT2D eigenvalue weighted by Crippen LogP contribution is -2.58. The van der Waals surface area contributed by atoms with Crippen LogP contribution >= 0.6 is 11.6 Å². The highest BCUT2D eigenvalue weighted by molar-refractivity contribution is 6.31. The molecule has 3 fully saturated rings. The van der Waals surface area contributed by atoms with Gasteiger partial charge in [0.1, 0.15) is 11.4 Å². The number of carbonyl (C=O) groups excluding carboxylic acids is 2. The standard InChI is InChI=1S/C29H28ClF2N5O3/c1-33-12-16-8-23(28(40)37(13-16)20-5-6-20)26(38)35-25-10-18(9-24(34-25)17-2-3-17)21-7-4-19(30)11-22(21)27(39)36-14-29(31,32)15-36/h4,7-11,13,17,20,33H,2-3,5-6,12,14-15H2,1H3,(H,34,35,38). The first-order valence-corrected chi connectivity index (χ1v) is 13.7. The van der Waals surface area contributed by atoms with E-state index < -0.39 is 30.8 Å². The highest BCUT2D eigenvalue weighted by atomic mass is 35.5. The molecule has 0 atom stereocenters. The van der Waals surface area contributed by atoms with Crippen LogP contribution in [0, 0.1) is 0 Å². The average molecular weight is 568 g/mol. The molecular formula is C29H28ClF2N5O3. The maximum Gasteiger partial charge on any atom is 0.282 e. The molecule has 3 heterocycles. The molecule has 208 valence electrons. The van der Waals surface area contributed by atoms with E-state index >= 15 is 0 Å². The second-order valence-electron chi connectivity index (χ2n) is 10.8. The fourth-order valence-electron chi connectivity index (χ4n) is 5.06. The summed E-state index contributed by atoms with van der Waals surface area (Å²) in [6, 6.07) is 9.95. The Balaban J connectivity index is 1.36. The molecule has 0 unspecified atom stereocenters. The topological polar surface area (TPSA) is 96.3 Å². The van der Waals surface area contributed by atoms with Gasteiger partial charge in [-0.25, -0.2) is 13.8 Å². The number of pyridine rings is 2. The molecule has 0 bridgehead atoms. The molecule has 2 amide bonds. The Bertz CT molecular complexity index is 1570. The van der Waals surface area contributed by atoms with Gasteiger partial charge in [0.25, 0.3) is 23.3 Å². The lowest BCUT2D eigenvalue weighted by Gasteiger charge is -2.39. The molecule has 0 radical (unpaired) electrons. The summed E-state index contributed by atoms with van der Waals surface area (Å²) in [7, 11) is 1.80. The molecule has 0 spiro atoms. The fraction of sp³-hybridized carbons (Fsp3) is 0.379. The molecule has 2 aromatic heterocycles. The quantitative estimate of drug-likeness (QED) is 0.406. The third-order valence-corrected chi connectivity index (χ3v) is 7.64. The third-order valence-electron chi connectivity index (χ3n) is 7.40. The molecule has 1 aromatic carbocycles. The van der Waals surface area contributed by atoms with Crippen molar-refractivity contribution in [1.82, 2.24) is 19.8 Å². The van der Waals surface area contributed by atoms with Gasteiger partial charge in [0, 0.05) is 41.0 Å². The number of hydrogen-bond acceptors (Lipinski definition) is 5. The lowest BCUT2D eigenvalue weighted by atomic mass is 9.96. The largest absolute Gasteiger partial charge is 0.326 e. The highest BCUT2D eigenvalue weighted by Crippen LogP contribution is 2.42. The van der Waals surface area contributed by atoms with Crippen molar-refractivity contribution in [2.45, 2.75) is 50.1 Å². The summed E-state index contributed by atoms with van der Waals surface area (Å²) in [5.74, 6) is -3.56. The van der Waals surface area contributed by atoms with Crippen LogP contribution in [0.4, 0.5) is 14.6 Å². The van der Waals surface area contributed by atoms with E-state index in [0.29, 0.717) is 22.7 Å². The Kier molecular flexibility index (Phi) is 6.70. The molecule has 8 nitrogen and oxygen atoms in total. The summed E-state index contributed by atoms with van der Waals surface area (Å²) < 4.78 is 28.6. The van der Waals surface area contributed by atoms with Crippen molar-refractivity contribution in [2.24, 2.45) is 0 Å². The number of nitrogens with one attached hydrogen (secondary N) is 2. The molecule has 3 aliphatic rings. The Hall–Kier alpha value is -3.63. The predicted octanol–water partition coefficient (Wildman–Crippen LogP) is 4.84. The van der Waals surface area contributed by atoms with Crippen LogP contribution in [0.2, 0.25) is 5.02 Å². The first kappa shape index (κ1) is 26.6. The van der Waals surface area contributed by atoms with Crippen LogP contribution in [0.25, 0.3) is 11.1 Å². The number of aromatic nitrogens is 2. The number of nitrogens with zero attached hydrogens (tertiary/aromatic N) is 3. The first-order valence-electron chi connectivity index (χ1n) is 13.3. The number of hydrogen-bond donors (Lipinski definition) is 2. The van der Waals surface area contributed by atoms with Crippen molar-refractivity contribution in [3.8, 4) is 11.1 Å². The summed E-state index contributed by atoms with van der Waals surface area (Å²) in [6.45, 7) is -0.787. The zero-order valence-electron chi connectivity index (χ0n) is 21.8. The number of anilines is 1. The monoisotopic (exact) mass is 567 g/mol. The van der Waals surface area contributed by atoms with Crippen molar-refractivity contribution in [3.63, 3.8) is 0 Å². The lowest BCUT2D eigenvalue weighted by molar-refractivity contribution is -0.113. The van der Waals surface area contributed by atoms with Crippen molar-refractivity contribution >= 4 is 29.2 Å². The minimum atomic E-state index is -2.90. The van der Waals surface area contributed by atoms with Gasteiger partial charge >= 0.3 is 0 Å². The molecule has 6 rings (SSSR count). The Morgan fingerprint density at radius 2 is 1.82 bits per heavy atom. The molecule has 1 aliphatic heterocycles. The molecule has 1 saturated heterocycles. The molecular weight excluding hydrogens is 540 g/mol. The first-order chi connectivity index (χ1) is 19.1. The van der Waals surface area contributed by atoms with Gasteiger partial charge in [-0.1, -0.05) is 17.7 Å². The minimum Gasteiger partial charge on any atom is -0.326 e. The summed E-state index contributed by atoms with van der Waals surface area (Å²) in [4.78, 5) is 45.5. The Labute approximate surface area is 234 Å². The summed E-state index contributed by atoms with van der Waals surface area (Å²) in [5.41, 5.74) is 2.53. The molecule has 2 aliphatic carbocycles. The molecule has 11 heteroatoms. The number of benzene rings is 1. The van der Waals surface area contributed by atoms with Crippen molar-refractivity contribution < 1.29 is 18.4 Å². The van der Waals surface area contributed by atoms with E-state index in [4.69, 9.17) is 11.6 Å². The highest BCUT2D eigenvalue weighted by Gasteiger charge is 2.46. The van der Waals surface area contributed by atoms with Gasteiger partial charge in [-0.2, -0.15) is 0 Å². The molecule has 2 N–H and O–H groups in total. The van der Waals surface area contributed by atoms with Gasteiger partial charge in [0.2, 0.25) is 0 Å². The van der Waals surface area contributed by atoms with E-state index in [1.165, 1.54) is 6.07 Å². The number of likely N-dealkylation sites (tertiary alicyclic amines) is 1.